The Hall–Kier alpha value is -0.200. The molecule has 0 bridgehead atoms. The first-order chi connectivity index (χ1) is 8.16. The number of thioether (sulfide) groups is 1. The van der Waals surface area contributed by atoms with E-state index < -0.39 is 19.5 Å². The van der Waals surface area contributed by atoms with Crippen LogP contribution in [0.1, 0.15) is 0 Å². The zero-order valence-electron chi connectivity index (χ0n) is 9.09. The highest BCUT2D eigenvalue weighted by Gasteiger charge is 2.40. The highest BCUT2D eigenvalue weighted by Crippen LogP contribution is 2.58. The molecule has 18 heavy (non-hydrogen) atoms. The van der Waals surface area contributed by atoms with Crippen LogP contribution in [0, 0.1) is 0 Å². The average molecular weight is 328 g/mol. The summed E-state index contributed by atoms with van der Waals surface area (Å²) < 4.78 is 25.8. The molecule has 0 aliphatic rings. The fourth-order valence-corrected chi connectivity index (χ4v) is 3.43. The van der Waals surface area contributed by atoms with Crippen molar-refractivity contribution in [1.29, 1.82) is 0 Å². The van der Waals surface area contributed by atoms with E-state index in [2.05, 4.69) is 16.7 Å². The summed E-state index contributed by atoms with van der Waals surface area (Å²) in [6.45, 7) is 0. The molecule has 0 amide bonds. The first-order valence-corrected chi connectivity index (χ1v) is 9.26. The largest absolute Gasteiger partial charge is 0.427 e. The van der Waals surface area contributed by atoms with E-state index in [-0.39, 0.29) is 5.75 Å². The predicted molar refractivity (Wildman–Crippen MR) is 73.3 cm³/mol. The molecule has 0 heterocycles. The number of hydrogen-bond donors (Lipinski definition) is 3. The van der Waals surface area contributed by atoms with Gasteiger partial charge in [-0.25, -0.2) is 4.57 Å². The lowest BCUT2D eigenvalue weighted by molar-refractivity contribution is 0.385. The zero-order chi connectivity index (χ0) is 14.0. The molecular formula is C8H10O6P2S2. The third-order valence-electron chi connectivity index (χ3n) is 1.78. The van der Waals surface area contributed by atoms with Gasteiger partial charge in [0.1, 0.15) is 5.75 Å². The fraction of sp³-hybridized carbons (Fsp3) is 0.125. The minimum absolute atomic E-state index is 0.00873. The van der Waals surface area contributed by atoms with Crippen LogP contribution in [0.15, 0.2) is 29.2 Å². The maximum absolute atomic E-state index is 11.6. The second-order valence-corrected chi connectivity index (χ2v) is 8.57. The predicted octanol–water partition coefficient (Wildman–Crippen LogP) is 2.44. The molecule has 0 saturated heterocycles. The first kappa shape index (κ1) is 15.9. The standard InChI is InChI=1S/C8H10O6P2S2/c1-18-7-4-2-6(3-5-7)14-16(12,13)8(17)15(9,10)11/h2-5H,1H3,(H,12,13)(H2,9,10,11). The number of thiocarbonyl (C=S) groups is 1. The summed E-state index contributed by atoms with van der Waals surface area (Å²) in [6.07, 6.45) is 1.86. The van der Waals surface area contributed by atoms with Crippen molar-refractivity contribution in [3.05, 3.63) is 24.3 Å². The molecule has 0 aliphatic carbocycles. The Kier molecular flexibility index (Phi) is 5.14. The van der Waals surface area contributed by atoms with Gasteiger partial charge in [0.05, 0.1) is 0 Å². The van der Waals surface area contributed by atoms with Gasteiger partial charge in [-0.05, 0) is 30.5 Å². The Balaban J connectivity index is 2.92. The molecule has 6 nitrogen and oxygen atoms in total. The first-order valence-electron chi connectivity index (χ1n) is 4.44. The van der Waals surface area contributed by atoms with E-state index in [1.807, 2.05) is 6.26 Å². The molecule has 0 saturated carbocycles. The Bertz CT molecular complexity index is 537. The van der Waals surface area contributed by atoms with Crippen LogP contribution < -0.4 is 4.52 Å². The molecule has 0 radical (unpaired) electrons. The summed E-state index contributed by atoms with van der Waals surface area (Å²) in [5.41, 5.74) is 0. The maximum atomic E-state index is 11.6. The monoisotopic (exact) mass is 328 g/mol. The molecule has 1 aromatic rings. The van der Waals surface area contributed by atoms with Crippen molar-refractivity contribution < 1.29 is 28.3 Å². The lowest BCUT2D eigenvalue weighted by Gasteiger charge is -2.14. The van der Waals surface area contributed by atoms with E-state index in [9.17, 15) is 14.0 Å². The lowest BCUT2D eigenvalue weighted by Crippen LogP contribution is -2.03. The summed E-state index contributed by atoms with van der Waals surface area (Å²) in [5.74, 6) is 0.00873. The molecule has 0 aliphatic heterocycles. The summed E-state index contributed by atoms with van der Waals surface area (Å²) in [7, 11) is -9.63. The van der Waals surface area contributed by atoms with Crippen molar-refractivity contribution in [3.8, 4) is 5.75 Å². The topological polar surface area (TPSA) is 104 Å². The van der Waals surface area contributed by atoms with Crippen molar-refractivity contribution in [2.24, 2.45) is 0 Å². The Morgan fingerprint density at radius 3 is 2.11 bits per heavy atom. The quantitative estimate of drug-likeness (QED) is 0.430. The maximum Gasteiger partial charge on any atom is 0.427 e. The molecule has 1 atom stereocenters. The van der Waals surface area contributed by atoms with E-state index in [1.54, 1.807) is 12.1 Å². The molecule has 3 N–H and O–H groups in total. The van der Waals surface area contributed by atoms with Crippen LogP contribution in [0.3, 0.4) is 0 Å². The molecule has 100 valence electrons. The van der Waals surface area contributed by atoms with Gasteiger partial charge in [0.2, 0.25) is 4.35 Å². The van der Waals surface area contributed by atoms with Gasteiger partial charge in [-0.15, -0.1) is 11.8 Å². The summed E-state index contributed by atoms with van der Waals surface area (Å²) in [5, 5.41) is 0. The van der Waals surface area contributed by atoms with E-state index in [0.29, 0.717) is 0 Å². The molecular weight excluding hydrogens is 318 g/mol. The number of benzene rings is 1. The van der Waals surface area contributed by atoms with Gasteiger partial charge in [0.25, 0.3) is 0 Å². The van der Waals surface area contributed by atoms with Gasteiger partial charge >= 0.3 is 15.2 Å². The molecule has 1 unspecified atom stereocenters. The molecule has 0 fully saturated rings. The fourth-order valence-electron chi connectivity index (χ4n) is 0.983. The van der Waals surface area contributed by atoms with Crippen molar-refractivity contribution in [1.82, 2.24) is 0 Å². The third-order valence-corrected chi connectivity index (χ3v) is 6.91. The second-order valence-electron chi connectivity index (χ2n) is 3.11. The minimum atomic E-state index is -4.94. The van der Waals surface area contributed by atoms with Crippen molar-refractivity contribution >= 4 is 43.5 Å². The molecule has 1 rings (SSSR count). The van der Waals surface area contributed by atoms with Crippen LogP contribution in [0.4, 0.5) is 0 Å². The third kappa shape index (κ3) is 4.17. The molecule has 1 aromatic carbocycles. The summed E-state index contributed by atoms with van der Waals surface area (Å²) in [4.78, 5) is 27.8. The normalized spacial score (nSPS) is 14.9. The molecule has 0 spiro atoms. The smallest absolute Gasteiger partial charge is 0.421 e. The van der Waals surface area contributed by atoms with Gasteiger partial charge in [-0.3, -0.25) is 4.57 Å². The second kappa shape index (κ2) is 5.84. The van der Waals surface area contributed by atoms with Gasteiger partial charge in [-0.1, -0.05) is 12.2 Å². The van der Waals surface area contributed by atoms with Crippen LogP contribution in [-0.4, -0.2) is 25.3 Å². The Morgan fingerprint density at radius 2 is 1.72 bits per heavy atom. The Morgan fingerprint density at radius 1 is 1.22 bits per heavy atom. The highest BCUT2D eigenvalue weighted by atomic mass is 32.2. The van der Waals surface area contributed by atoms with E-state index in [0.717, 1.165) is 4.90 Å². The summed E-state index contributed by atoms with van der Waals surface area (Å²) >= 11 is 5.74. The molecule has 10 heteroatoms. The lowest BCUT2D eigenvalue weighted by atomic mass is 10.3. The van der Waals surface area contributed by atoms with Gasteiger partial charge < -0.3 is 19.2 Å². The van der Waals surface area contributed by atoms with E-state index in [1.165, 1.54) is 23.9 Å². The summed E-state index contributed by atoms with van der Waals surface area (Å²) in [6, 6.07) is 6.11. The van der Waals surface area contributed by atoms with E-state index in [4.69, 9.17) is 9.79 Å². The van der Waals surface area contributed by atoms with Gasteiger partial charge in [0.15, 0.2) is 0 Å². The highest BCUT2D eigenvalue weighted by molar-refractivity contribution is 8.16. The van der Waals surface area contributed by atoms with Crippen LogP contribution >= 0.6 is 39.2 Å². The zero-order valence-corrected chi connectivity index (χ0v) is 12.5. The number of rotatable bonds is 5. The van der Waals surface area contributed by atoms with Gasteiger partial charge in [-0.2, -0.15) is 0 Å². The van der Waals surface area contributed by atoms with Crippen molar-refractivity contribution in [2.45, 2.75) is 4.90 Å². The van der Waals surface area contributed by atoms with Crippen LogP contribution in [0.2, 0.25) is 0 Å². The SMILES string of the molecule is CSc1ccc(OP(=O)(O)C(=S)P(=O)(O)O)cc1. The van der Waals surface area contributed by atoms with Crippen molar-refractivity contribution in [2.75, 3.05) is 6.26 Å². The van der Waals surface area contributed by atoms with Gasteiger partial charge in [0, 0.05) is 4.90 Å². The Labute approximate surface area is 113 Å². The number of hydrogen-bond acceptors (Lipinski definition) is 5. The van der Waals surface area contributed by atoms with Crippen LogP contribution in [0.25, 0.3) is 0 Å². The van der Waals surface area contributed by atoms with Crippen molar-refractivity contribution in [3.63, 3.8) is 0 Å². The van der Waals surface area contributed by atoms with Crippen LogP contribution in [0.5, 0.6) is 5.75 Å². The average Bonchev–Trinajstić information content (AvgIpc) is 2.27. The molecule has 0 aromatic heterocycles. The van der Waals surface area contributed by atoms with Crippen LogP contribution in [-0.2, 0) is 9.13 Å². The van der Waals surface area contributed by atoms with E-state index >= 15 is 0 Å². The minimum Gasteiger partial charge on any atom is -0.421 e.